The van der Waals surface area contributed by atoms with Crippen LogP contribution in [0.4, 0.5) is 0 Å². The maximum atomic E-state index is 11.9. The Morgan fingerprint density at radius 2 is 2.14 bits per heavy atom. The van der Waals surface area contributed by atoms with Crippen molar-refractivity contribution in [2.45, 2.75) is 46.0 Å². The van der Waals surface area contributed by atoms with Crippen molar-refractivity contribution in [1.29, 1.82) is 0 Å². The molecule has 1 fully saturated rings. The third-order valence-corrected chi connectivity index (χ3v) is 2.83. The highest BCUT2D eigenvalue weighted by Crippen LogP contribution is 2.37. The lowest BCUT2D eigenvalue weighted by Gasteiger charge is -2.14. The van der Waals surface area contributed by atoms with E-state index in [1.807, 2.05) is 6.08 Å². The average molecular weight is 194 g/mol. The molecule has 1 heteroatoms. The van der Waals surface area contributed by atoms with E-state index in [-0.39, 0.29) is 5.92 Å². The van der Waals surface area contributed by atoms with Crippen molar-refractivity contribution in [3.05, 3.63) is 12.7 Å². The average Bonchev–Trinajstić information content (AvgIpc) is 2.86. The van der Waals surface area contributed by atoms with Crippen molar-refractivity contribution >= 4 is 5.78 Å². The molecule has 1 nitrogen and oxygen atoms in total. The van der Waals surface area contributed by atoms with Gasteiger partial charge in [-0.25, -0.2) is 0 Å². The minimum atomic E-state index is 0.266. The van der Waals surface area contributed by atoms with E-state index in [2.05, 4.69) is 20.4 Å². The summed E-state index contributed by atoms with van der Waals surface area (Å²) in [6, 6.07) is 0. The van der Waals surface area contributed by atoms with E-state index in [1.54, 1.807) is 0 Å². The number of rotatable bonds is 7. The molecule has 0 aromatic carbocycles. The minimum absolute atomic E-state index is 0.266. The van der Waals surface area contributed by atoms with E-state index in [0.29, 0.717) is 11.7 Å². The van der Waals surface area contributed by atoms with E-state index in [9.17, 15) is 4.79 Å². The molecule has 1 unspecified atom stereocenters. The molecular formula is C13H22O. The van der Waals surface area contributed by atoms with Crippen LogP contribution < -0.4 is 0 Å². The number of ketones is 1. The highest BCUT2D eigenvalue weighted by molar-refractivity contribution is 5.81. The van der Waals surface area contributed by atoms with Gasteiger partial charge in [-0.15, -0.1) is 6.58 Å². The molecule has 0 spiro atoms. The second-order valence-corrected chi connectivity index (χ2v) is 4.96. The van der Waals surface area contributed by atoms with Gasteiger partial charge in [-0.05, 0) is 24.7 Å². The van der Waals surface area contributed by atoms with Crippen molar-refractivity contribution in [3.8, 4) is 0 Å². The smallest absolute Gasteiger partial charge is 0.136 e. The summed E-state index contributed by atoms with van der Waals surface area (Å²) in [6.45, 7) is 7.96. The fraction of sp³-hybridized carbons (Fsp3) is 0.769. The first-order chi connectivity index (χ1) is 6.63. The van der Waals surface area contributed by atoms with Crippen molar-refractivity contribution in [2.75, 3.05) is 0 Å². The first-order valence-electron chi connectivity index (χ1n) is 5.77. The molecule has 14 heavy (non-hydrogen) atoms. The minimum Gasteiger partial charge on any atom is -0.299 e. The van der Waals surface area contributed by atoms with E-state index >= 15 is 0 Å². The first kappa shape index (κ1) is 11.5. The SMILES string of the molecule is C=CCC(CC1CC1)C(=O)CC(C)C. The summed E-state index contributed by atoms with van der Waals surface area (Å²) < 4.78 is 0. The predicted molar refractivity (Wildman–Crippen MR) is 60.1 cm³/mol. The van der Waals surface area contributed by atoms with Crippen LogP contribution in [0.25, 0.3) is 0 Å². The molecule has 80 valence electrons. The van der Waals surface area contributed by atoms with Crippen LogP contribution in [0.5, 0.6) is 0 Å². The molecule has 0 bridgehead atoms. The number of hydrogen-bond acceptors (Lipinski definition) is 1. The Balaban J connectivity index is 2.38. The van der Waals surface area contributed by atoms with Gasteiger partial charge in [-0.1, -0.05) is 32.8 Å². The molecule has 0 amide bonds. The van der Waals surface area contributed by atoms with Crippen LogP contribution in [-0.2, 0) is 4.79 Å². The Labute approximate surface area is 87.6 Å². The van der Waals surface area contributed by atoms with Gasteiger partial charge in [0, 0.05) is 12.3 Å². The number of carbonyl (C=O) groups is 1. The zero-order valence-electron chi connectivity index (χ0n) is 9.46. The molecule has 0 saturated heterocycles. The summed E-state index contributed by atoms with van der Waals surface area (Å²) >= 11 is 0. The van der Waals surface area contributed by atoms with E-state index < -0.39 is 0 Å². The van der Waals surface area contributed by atoms with Gasteiger partial charge in [0.1, 0.15) is 5.78 Å². The molecule has 0 aliphatic heterocycles. The van der Waals surface area contributed by atoms with E-state index in [1.165, 1.54) is 12.8 Å². The normalized spacial score (nSPS) is 18.2. The monoisotopic (exact) mass is 194 g/mol. The standard InChI is InChI=1S/C13H22O/c1-4-5-12(9-11-6-7-11)13(14)8-10(2)3/h4,10-12H,1,5-9H2,2-3H3. The van der Waals surface area contributed by atoms with Gasteiger partial charge < -0.3 is 0 Å². The van der Waals surface area contributed by atoms with Crippen LogP contribution in [0, 0.1) is 17.8 Å². The molecule has 1 rings (SSSR count). The van der Waals surface area contributed by atoms with E-state index in [4.69, 9.17) is 0 Å². The fourth-order valence-electron chi connectivity index (χ4n) is 1.89. The Morgan fingerprint density at radius 3 is 2.57 bits per heavy atom. The molecule has 0 heterocycles. The zero-order chi connectivity index (χ0) is 10.6. The number of Topliss-reactive ketones (excluding diaryl/α,β-unsaturated/α-hetero) is 1. The van der Waals surface area contributed by atoms with Crippen molar-refractivity contribution < 1.29 is 4.79 Å². The van der Waals surface area contributed by atoms with Crippen LogP contribution in [0.1, 0.15) is 46.0 Å². The molecular weight excluding hydrogens is 172 g/mol. The maximum absolute atomic E-state index is 11.9. The van der Waals surface area contributed by atoms with Crippen LogP contribution >= 0.6 is 0 Å². The number of allylic oxidation sites excluding steroid dienone is 1. The number of carbonyl (C=O) groups excluding carboxylic acids is 1. The quantitative estimate of drug-likeness (QED) is 0.566. The summed E-state index contributed by atoms with van der Waals surface area (Å²) in [6.07, 6.45) is 7.29. The predicted octanol–water partition coefficient (Wildman–Crippen LogP) is 3.59. The lowest BCUT2D eigenvalue weighted by Crippen LogP contribution is -2.16. The van der Waals surface area contributed by atoms with Gasteiger partial charge in [0.25, 0.3) is 0 Å². The summed E-state index contributed by atoms with van der Waals surface area (Å²) in [5.74, 6) is 2.05. The summed E-state index contributed by atoms with van der Waals surface area (Å²) in [5, 5.41) is 0. The van der Waals surface area contributed by atoms with Gasteiger partial charge in [-0.3, -0.25) is 4.79 Å². The second kappa shape index (κ2) is 5.33. The topological polar surface area (TPSA) is 17.1 Å². The van der Waals surface area contributed by atoms with Crippen LogP contribution in [0.2, 0.25) is 0 Å². The van der Waals surface area contributed by atoms with Gasteiger partial charge >= 0.3 is 0 Å². The molecule has 1 aliphatic carbocycles. The number of hydrogen-bond donors (Lipinski definition) is 0. The molecule has 1 atom stereocenters. The lowest BCUT2D eigenvalue weighted by atomic mass is 9.89. The maximum Gasteiger partial charge on any atom is 0.136 e. The van der Waals surface area contributed by atoms with Crippen LogP contribution in [-0.4, -0.2) is 5.78 Å². The summed E-state index contributed by atoms with van der Waals surface area (Å²) in [7, 11) is 0. The highest BCUT2D eigenvalue weighted by atomic mass is 16.1. The first-order valence-corrected chi connectivity index (χ1v) is 5.77. The van der Waals surface area contributed by atoms with Crippen molar-refractivity contribution in [1.82, 2.24) is 0 Å². The van der Waals surface area contributed by atoms with Gasteiger partial charge in [0.2, 0.25) is 0 Å². The van der Waals surface area contributed by atoms with E-state index in [0.717, 1.165) is 25.2 Å². The summed E-state index contributed by atoms with van der Waals surface area (Å²) in [4.78, 5) is 11.9. The molecule has 0 N–H and O–H groups in total. The second-order valence-electron chi connectivity index (χ2n) is 4.96. The Bertz CT molecular complexity index is 201. The van der Waals surface area contributed by atoms with Gasteiger partial charge in [-0.2, -0.15) is 0 Å². The molecule has 0 radical (unpaired) electrons. The van der Waals surface area contributed by atoms with Crippen LogP contribution in [0.3, 0.4) is 0 Å². The van der Waals surface area contributed by atoms with Crippen LogP contribution in [0.15, 0.2) is 12.7 Å². The highest BCUT2D eigenvalue weighted by Gasteiger charge is 2.28. The third kappa shape index (κ3) is 4.08. The molecule has 1 aliphatic rings. The molecule has 1 saturated carbocycles. The van der Waals surface area contributed by atoms with Crippen molar-refractivity contribution in [2.24, 2.45) is 17.8 Å². The Kier molecular flexibility index (Phi) is 4.37. The zero-order valence-corrected chi connectivity index (χ0v) is 9.46. The van der Waals surface area contributed by atoms with Gasteiger partial charge in [0.15, 0.2) is 0 Å². The largest absolute Gasteiger partial charge is 0.299 e. The fourth-order valence-corrected chi connectivity index (χ4v) is 1.89. The third-order valence-electron chi connectivity index (χ3n) is 2.83. The Hall–Kier alpha value is -0.590. The molecule has 0 aromatic rings. The summed E-state index contributed by atoms with van der Waals surface area (Å²) in [5.41, 5.74) is 0. The lowest BCUT2D eigenvalue weighted by molar-refractivity contribution is -0.123. The van der Waals surface area contributed by atoms with Crippen molar-refractivity contribution in [3.63, 3.8) is 0 Å². The van der Waals surface area contributed by atoms with Gasteiger partial charge in [0.05, 0.1) is 0 Å². The Morgan fingerprint density at radius 1 is 1.50 bits per heavy atom. The molecule has 0 aromatic heterocycles.